The zero-order valence-corrected chi connectivity index (χ0v) is 18.8. The van der Waals surface area contributed by atoms with Crippen molar-refractivity contribution in [1.29, 1.82) is 0 Å². The van der Waals surface area contributed by atoms with Crippen molar-refractivity contribution in [2.24, 2.45) is 0 Å². The molecule has 1 fully saturated rings. The Kier molecular flexibility index (Phi) is 6.54. The lowest BCUT2D eigenvalue weighted by atomic mass is 10.1. The van der Waals surface area contributed by atoms with Crippen LogP contribution in [0.2, 0.25) is 0 Å². The van der Waals surface area contributed by atoms with Gasteiger partial charge in [0.25, 0.3) is 5.22 Å². The number of aromatic nitrogens is 2. The van der Waals surface area contributed by atoms with Gasteiger partial charge in [-0.05, 0) is 38.0 Å². The second-order valence-electron chi connectivity index (χ2n) is 7.44. The second-order valence-corrected chi connectivity index (χ2v) is 10.3. The number of hydrogen-bond acceptors (Lipinski definition) is 7. The van der Waals surface area contributed by atoms with Gasteiger partial charge in [-0.15, -0.1) is 10.2 Å². The van der Waals surface area contributed by atoms with Crippen LogP contribution < -0.4 is 0 Å². The van der Waals surface area contributed by atoms with Crippen LogP contribution in [0.1, 0.15) is 35.2 Å². The monoisotopic (exact) mass is 457 g/mol. The average Bonchev–Trinajstić information content (AvgIpc) is 3.28. The third kappa shape index (κ3) is 5.06. The number of ketones is 1. The van der Waals surface area contributed by atoms with E-state index in [1.807, 2.05) is 19.1 Å². The molecule has 1 aliphatic heterocycles. The van der Waals surface area contributed by atoms with E-state index in [-0.39, 0.29) is 27.5 Å². The molecule has 0 atom stereocenters. The summed E-state index contributed by atoms with van der Waals surface area (Å²) in [5.41, 5.74) is 2.26. The molecule has 1 saturated heterocycles. The minimum absolute atomic E-state index is 0.0284. The first-order valence-electron chi connectivity index (χ1n) is 10.1. The molecule has 7 nitrogen and oxygen atoms in total. The van der Waals surface area contributed by atoms with Crippen molar-refractivity contribution < 1.29 is 17.6 Å². The van der Waals surface area contributed by atoms with Gasteiger partial charge >= 0.3 is 0 Å². The van der Waals surface area contributed by atoms with Gasteiger partial charge in [0.15, 0.2) is 5.78 Å². The fourth-order valence-corrected chi connectivity index (χ4v) is 5.60. The molecule has 0 bridgehead atoms. The van der Waals surface area contributed by atoms with E-state index in [0.29, 0.717) is 24.2 Å². The minimum Gasteiger partial charge on any atom is -0.411 e. The first-order valence-corrected chi connectivity index (χ1v) is 12.5. The lowest BCUT2D eigenvalue weighted by Crippen LogP contribution is -2.35. The summed E-state index contributed by atoms with van der Waals surface area (Å²) in [5.74, 6) is 0.369. The molecule has 9 heteroatoms. The van der Waals surface area contributed by atoms with E-state index < -0.39 is 10.0 Å². The standard InChI is InChI=1S/C22H23N3O4S2/c1-16-8-10-17(11-9-16)20(26)15-30-22-24-23-21(29-22)18-6-5-7-19(14-18)31(27,28)25-12-3-2-4-13-25/h5-11,14H,2-4,12-13,15H2,1H3. The first kappa shape index (κ1) is 21.7. The predicted molar refractivity (Wildman–Crippen MR) is 119 cm³/mol. The van der Waals surface area contributed by atoms with Crippen molar-refractivity contribution in [2.45, 2.75) is 36.3 Å². The Bertz CT molecular complexity index is 1170. The SMILES string of the molecule is Cc1ccc(C(=O)CSc2nnc(-c3cccc(S(=O)(=O)N4CCCCC4)c3)o2)cc1. The molecule has 0 aliphatic carbocycles. The number of piperidine rings is 1. The summed E-state index contributed by atoms with van der Waals surface area (Å²) < 4.78 is 33.1. The van der Waals surface area contributed by atoms with Crippen molar-refractivity contribution in [3.63, 3.8) is 0 Å². The molecule has 4 rings (SSSR count). The fraction of sp³-hybridized carbons (Fsp3) is 0.318. The van der Waals surface area contributed by atoms with Gasteiger partial charge in [-0.2, -0.15) is 4.31 Å². The zero-order chi connectivity index (χ0) is 21.8. The van der Waals surface area contributed by atoms with E-state index in [2.05, 4.69) is 10.2 Å². The molecule has 0 spiro atoms. The molecule has 2 heterocycles. The second kappa shape index (κ2) is 9.33. The summed E-state index contributed by atoms with van der Waals surface area (Å²) in [6, 6.07) is 13.9. The maximum atomic E-state index is 12.9. The Hall–Kier alpha value is -2.49. The highest BCUT2D eigenvalue weighted by molar-refractivity contribution is 7.99. The molecule has 3 aromatic rings. The normalized spacial score (nSPS) is 15.1. The maximum absolute atomic E-state index is 12.9. The zero-order valence-electron chi connectivity index (χ0n) is 17.2. The number of carbonyl (C=O) groups excluding carboxylic acids is 1. The van der Waals surface area contributed by atoms with E-state index in [0.717, 1.165) is 36.6 Å². The van der Waals surface area contributed by atoms with Gasteiger partial charge in [0.2, 0.25) is 15.9 Å². The van der Waals surface area contributed by atoms with Gasteiger partial charge in [-0.25, -0.2) is 8.42 Å². The molecule has 1 aromatic heterocycles. The molecular formula is C22H23N3O4S2. The number of thioether (sulfide) groups is 1. The number of benzene rings is 2. The van der Waals surface area contributed by atoms with E-state index >= 15 is 0 Å². The number of aryl methyl sites for hydroxylation is 1. The summed E-state index contributed by atoms with van der Waals surface area (Å²) in [6.07, 6.45) is 2.82. The van der Waals surface area contributed by atoms with E-state index in [9.17, 15) is 13.2 Å². The van der Waals surface area contributed by atoms with Gasteiger partial charge in [0, 0.05) is 24.2 Å². The van der Waals surface area contributed by atoms with Crippen LogP contribution in [0.25, 0.3) is 11.5 Å². The minimum atomic E-state index is -3.55. The van der Waals surface area contributed by atoms with Gasteiger partial charge in [0.1, 0.15) is 0 Å². The quantitative estimate of drug-likeness (QED) is 0.388. The number of nitrogens with zero attached hydrogens (tertiary/aromatic N) is 3. The largest absolute Gasteiger partial charge is 0.411 e. The Morgan fingerprint density at radius 1 is 1.06 bits per heavy atom. The summed E-state index contributed by atoms with van der Waals surface area (Å²) in [6.45, 7) is 3.06. The van der Waals surface area contributed by atoms with Crippen LogP contribution in [0.4, 0.5) is 0 Å². The summed E-state index contributed by atoms with van der Waals surface area (Å²) in [5, 5.41) is 8.28. The molecule has 31 heavy (non-hydrogen) atoms. The van der Waals surface area contributed by atoms with E-state index in [4.69, 9.17) is 4.42 Å². The van der Waals surface area contributed by atoms with Gasteiger partial charge in [-0.3, -0.25) is 4.79 Å². The Labute approximate surface area is 185 Å². The summed E-state index contributed by atoms with van der Waals surface area (Å²) >= 11 is 1.16. The summed E-state index contributed by atoms with van der Waals surface area (Å²) in [4.78, 5) is 12.5. The van der Waals surface area contributed by atoms with Crippen molar-refractivity contribution >= 4 is 27.6 Å². The predicted octanol–water partition coefficient (Wildman–Crippen LogP) is 4.19. The van der Waals surface area contributed by atoms with Gasteiger partial charge in [0.05, 0.1) is 10.6 Å². The smallest absolute Gasteiger partial charge is 0.277 e. The van der Waals surface area contributed by atoms with Crippen LogP contribution >= 0.6 is 11.8 Å². The molecular weight excluding hydrogens is 434 g/mol. The van der Waals surface area contributed by atoms with Crippen molar-refractivity contribution in [1.82, 2.24) is 14.5 Å². The Morgan fingerprint density at radius 2 is 1.81 bits per heavy atom. The maximum Gasteiger partial charge on any atom is 0.277 e. The number of hydrogen-bond donors (Lipinski definition) is 0. The van der Waals surface area contributed by atoms with Gasteiger partial charge in [-0.1, -0.05) is 54.1 Å². The molecule has 2 aromatic carbocycles. The highest BCUT2D eigenvalue weighted by atomic mass is 32.2. The van der Waals surface area contributed by atoms with E-state index in [1.54, 1.807) is 36.4 Å². The molecule has 0 saturated carbocycles. The Morgan fingerprint density at radius 3 is 2.55 bits per heavy atom. The topological polar surface area (TPSA) is 93.4 Å². The van der Waals surface area contributed by atoms with Crippen molar-refractivity contribution in [2.75, 3.05) is 18.8 Å². The van der Waals surface area contributed by atoms with Gasteiger partial charge < -0.3 is 4.42 Å². The molecule has 0 amide bonds. The fourth-order valence-electron chi connectivity index (χ4n) is 3.38. The lowest BCUT2D eigenvalue weighted by molar-refractivity contribution is 0.102. The molecule has 0 N–H and O–H groups in total. The van der Waals surface area contributed by atoms with Crippen LogP contribution in [-0.4, -0.2) is 47.5 Å². The van der Waals surface area contributed by atoms with Crippen molar-refractivity contribution in [3.05, 3.63) is 59.7 Å². The number of rotatable bonds is 7. The summed E-state index contributed by atoms with van der Waals surface area (Å²) in [7, 11) is -3.55. The number of carbonyl (C=O) groups is 1. The average molecular weight is 458 g/mol. The van der Waals surface area contributed by atoms with E-state index in [1.165, 1.54) is 4.31 Å². The molecule has 0 radical (unpaired) electrons. The number of Topliss-reactive ketones (excluding diaryl/α,β-unsaturated/α-hetero) is 1. The molecule has 0 unspecified atom stereocenters. The van der Waals surface area contributed by atoms with Crippen LogP contribution in [0, 0.1) is 6.92 Å². The molecule has 162 valence electrons. The highest BCUT2D eigenvalue weighted by Gasteiger charge is 2.26. The van der Waals surface area contributed by atoms with Crippen LogP contribution in [-0.2, 0) is 10.0 Å². The number of sulfonamides is 1. The highest BCUT2D eigenvalue weighted by Crippen LogP contribution is 2.27. The molecule has 1 aliphatic rings. The third-order valence-corrected chi connectivity index (χ3v) is 7.85. The lowest BCUT2D eigenvalue weighted by Gasteiger charge is -2.25. The third-order valence-electron chi connectivity index (χ3n) is 5.14. The van der Waals surface area contributed by atoms with Crippen LogP contribution in [0.5, 0.6) is 0 Å². The first-order chi connectivity index (χ1) is 14.9. The van der Waals surface area contributed by atoms with Crippen LogP contribution in [0.3, 0.4) is 0 Å². The van der Waals surface area contributed by atoms with Crippen LogP contribution in [0.15, 0.2) is 63.1 Å². The Balaban J connectivity index is 1.46. The van der Waals surface area contributed by atoms with Crippen molar-refractivity contribution in [3.8, 4) is 11.5 Å².